The van der Waals surface area contributed by atoms with E-state index in [1.54, 1.807) is 7.11 Å². The number of ether oxygens (including phenoxy) is 2. The minimum Gasteiger partial charge on any atom is -0.496 e. The fourth-order valence-electron chi connectivity index (χ4n) is 3.72. The molecule has 3 rings (SSSR count). The van der Waals surface area contributed by atoms with Crippen LogP contribution in [0.5, 0.6) is 5.75 Å². The summed E-state index contributed by atoms with van der Waals surface area (Å²) in [6.45, 7) is 7.30. The lowest BCUT2D eigenvalue weighted by atomic mass is 10.1. The highest BCUT2D eigenvalue weighted by atomic mass is 16.5. The molecule has 1 aromatic rings. The van der Waals surface area contributed by atoms with Crippen molar-refractivity contribution in [3.8, 4) is 5.75 Å². The molecule has 0 spiro atoms. The third kappa shape index (κ3) is 5.11. The van der Waals surface area contributed by atoms with E-state index < -0.39 is 0 Å². The molecule has 0 saturated carbocycles. The molecule has 0 bridgehead atoms. The van der Waals surface area contributed by atoms with Crippen LogP contribution in [0.4, 0.5) is 10.5 Å². The van der Waals surface area contributed by atoms with Crippen molar-refractivity contribution in [2.45, 2.75) is 38.7 Å². The molecule has 2 heterocycles. The number of amides is 2. The molecule has 2 amide bonds. The number of nitrogens with zero attached hydrogens (tertiary/aromatic N) is 2. The lowest BCUT2D eigenvalue weighted by Gasteiger charge is -2.31. The monoisotopic (exact) mass is 361 g/mol. The van der Waals surface area contributed by atoms with Gasteiger partial charge in [0.05, 0.1) is 13.2 Å². The number of methoxy groups -OCH3 is 1. The van der Waals surface area contributed by atoms with Crippen LogP contribution in [0, 0.1) is 6.92 Å². The number of hydrogen-bond acceptors (Lipinski definition) is 4. The fraction of sp³-hybridized carbons (Fsp3) is 0.650. The summed E-state index contributed by atoms with van der Waals surface area (Å²) in [7, 11) is 1.64. The van der Waals surface area contributed by atoms with Gasteiger partial charge in [-0.15, -0.1) is 0 Å². The van der Waals surface area contributed by atoms with Gasteiger partial charge in [0.15, 0.2) is 0 Å². The number of benzene rings is 1. The van der Waals surface area contributed by atoms with Crippen molar-refractivity contribution >= 4 is 11.7 Å². The predicted molar refractivity (Wildman–Crippen MR) is 103 cm³/mol. The van der Waals surface area contributed by atoms with Crippen LogP contribution in [0.25, 0.3) is 0 Å². The molecule has 1 atom stereocenters. The van der Waals surface area contributed by atoms with Gasteiger partial charge < -0.3 is 24.6 Å². The highest BCUT2D eigenvalue weighted by molar-refractivity contribution is 5.89. The Kier molecular flexibility index (Phi) is 6.74. The zero-order valence-electron chi connectivity index (χ0n) is 16.0. The minimum absolute atomic E-state index is 0.0648. The highest BCUT2D eigenvalue weighted by Crippen LogP contribution is 2.22. The van der Waals surface area contributed by atoms with Gasteiger partial charge in [0.2, 0.25) is 0 Å². The molecular formula is C20H31N3O3. The van der Waals surface area contributed by atoms with E-state index in [1.807, 2.05) is 30.0 Å². The van der Waals surface area contributed by atoms with E-state index in [2.05, 4.69) is 10.2 Å². The smallest absolute Gasteiger partial charge is 0.321 e. The molecule has 0 aliphatic carbocycles. The molecule has 0 radical (unpaired) electrons. The third-order valence-corrected chi connectivity index (χ3v) is 5.21. The zero-order chi connectivity index (χ0) is 18.4. The van der Waals surface area contributed by atoms with Crippen LogP contribution >= 0.6 is 0 Å². The predicted octanol–water partition coefficient (Wildman–Crippen LogP) is 3.11. The summed E-state index contributed by atoms with van der Waals surface area (Å²) in [6, 6.07) is 5.67. The van der Waals surface area contributed by atoms with Gasteiger partial charge in [-0.25, -0.2) is 4.79 Å². The van der Waals surface area contributed by atoms with Crippen LogP contribution in [0.3, 0.4) is 0 Å². The summed E-state index contributed by atoms with van der Waals surface area (Å²) in [6.07, 6.45) is 4.84. The molecule has 144 valence electrons. The topological polar surface area (TPSA) is 54.0 Å². The molecule has 0 aromatic heterocycles. The maximum Gasteiger partial charge on any atom is 0.321 e. The Morgan fingerprint density at radius 2 is 2.04 bits per heavy atom. The van der Waals surface area contributed by atoms with Gasteiger partial charge in [0, 0.05) is 38.0 Å². The SMILES string of the molecule is COc1cc(NC(=O)N2CCCOC(CN3CCCCC3)C2)ccc1C. The van der Waals surface area contributed by atoms with Crippen LogP contribution in [-0.2, 0) is 4.74 Å². The first-order chi connectivity index (χ1) is 12.7. The van der Waals surface area contributed by atoms with Gasteiger partial charge in [0.1, 0.15) is 5.75 Å². The van der Waals surface area contributed by atoms with E-state index in [1.165, 1.54) is 19.3 Å². The highest BCUT2D eigenvalue weighted by Gasteiger charge is 2.25. The number of likely N-dealkylation sites (tertiary alicyclic amines) is 1. The second kappa shape index (κ2) is 9.24. The number of anilines is 1. The number of carbonyl (C=O) groups is 1. The van der Waals surface area contributed by atoms with E-state index in [0.29, 0.717) is 6.54 Å². The zero-order valence-corrected chi connectivity index (χ0v) is 16.0. The first-order valence-corrected chi connectivity index (χ1v) is 9.70. The van der Waals surface area contributed by atoms with Crippen molar-refractivity contribution in [2.24, 2.45) is 0 Å². The first kappa shape index (κ1) is 19.0. The average molecular weight is 361 g/mol. The van der Waals surface area contributed by atoms with Gasteiger partial charge in [-0.2, -0.15) is 0 Å². The van der Waals surface area contributed by atoms with Gasteiger partial charge >= 0.3 is 6.03 Å². The molecule has 2 saturated heterocycles. The Labute approximate surface area is 156 Å². The third-order valence-electron chi connectivity index (χ3n) is 5.21. The lowest BCUT2D eigenvalue weighted by Crippen LogP contribution is -2.45. The van der Waals surface area contributed by atoms with E-state index in [-0.39, 0.29) is 12.1 Å². The molecule has 2 aliphatic heterocycles. The average Bonchev–Trinajstić information content (AvgIpc) is 2.90. The second-order valence-electron chi connectivity index (χ2n) is 7.27. The van der Waals surface area contributed by atoms with E-state index in [4.69, 9.17) is 9.47 Å². The van der Waals surface area contributed by atoms with Gasteiger partial charge in [-0.05, 0) is 50.9 Å². The van der Waals surface area contributed by atoms with Crippen molar-refractivity contribution in [3.05, 3.63) is 23.8 Å². The van der Waals surface area contributed by atoms with Crippen LogP contribution in [-0.4, -0.2) is 68.4 Å². The summed E-state index contributed by atoms with van der Waals surface area (Å²) < 4.78 is 11.3. The maximum absolute atomic E-state index is 12.7. The molecule has 6 heteroatoms. The Morgan fingerprint density at radius 1 is 1.23 bits per heavy atom. The van der Waals surface area contributed by atoms with Gasteiger partial charge in [-0.1, -0.05) is 12.5 Å². The number of hydrogen-bond donors (Lipinski definition) is 1. The molecule has 1 aromatic carbocycles. The van der Waals surface area contributed by atoms with E-state index >= 15 is 0 Å². The van der Waals surface area contributed by atoms with Gasteiger partial charge in [0.25, 0.3) is 0 Å². The molecular weight excluding hydrogens is 330 g/mol. The Morgan fingerprint density at radius 3 is 2.81 bits per heavy atom. The van der Waals surface area contributed by atoms with Crippen LogP contribution < -0.4 is 10.1 Å². The molecule has 1 unspecified atom stereocenters. The summed E-state index contributed by atoms with van der Waals surface area (Å²) in [5.74, 6) is 0.782. The second-order valence-corrected chi connectivity index (χ2v) is 7.27. The van der Waals surface area contributed by atoms with Crippen LogP contribution in [0.2, 0.25) is 0 Å². The standard InChI is InChI=1S/C20H31N3O3/c1-16-7-8-17(13-19(16)25-2)21-20(24)23-11-6-12-26-18(15-23)14-22-9-4-3-5-10-22/h7-8,13,18H,3-6,9-12,14-15H2,1-2H3,(H,21,24). The summed E-state index contributed by atoms with van der Waals surface area (Å²) >= 11 is 0. The number of urea groups is 1. The molecule has 1 N–H and O–H groups in total. The number of aryl methyl sites for hydroxylation is 1. The normalized spacial score (nSPS) is 21.9. The Balaban J connectivity index is 1.58. The van der Waals surface area contributed by atoms with E-state index in [9.17, 15) is 4.79 Å². The molecule has 2 aliphatic rings. The minimum atomic E-state index is -0.0648. The van der Waals surface area contributed by atoms with Crippen molar-refractivity contribution in [1.82, 2.24) is 9.80 Å². The molecule has 26 heavy (non-hydrogen) atoms. The van der Waals surface area contributed by atoms with Crippen LogP contribution in [0.15, 0.2) is 18.2 Å². The van der Waals surface area contributed by atoms with Gasteiger partial charge in [-0.3, -0.25) is 0 Å². The van der Waals surface area contributed by atoms with Crippen molar-refractivity contribution in [2.75, 3.05) is 51.8 Å². The van der Waals surface area contributed by atoms with Crippen molar-refractivity contribution < 1.29 is 14.3 Å². The number of rotatable bonds is 4. The summed E-state index contributed by atoms with van der Waals surface area (Å²) in [5, 5.41) is 3.00. The summed E-state index contributed by atoms with van der Waals surface area (Å²) in [5.41, 5.74) is 1.81. The molecule has 2 fully saturated rings. The molecule has 6 nitrogen and oxygen atoms in total. The first-order valence-electron chi connectivity index (χ1n) is 9.70. The number of nitrogens with one attached hydrogen (secondary N) is 1. The quantitative estimate of drug-likeness (QED) is 0.895. The number of piperidine rings is 1. The lowest BCUT2D eigenvalue weighted by molar-refractivity contribution is 0.0261. The van der Waals surface area contributed by atoms with Crippen molar-refractivity contribution in [3.63, 3.8) is 0 Å². The van der Waals surface area contributed by atoms with E-state index in [0.717, 1.165) is 56.2 Å². The Hall–Kier alpha value is -1.79. The fourth-order valence-corrected chi connectivity index (χ4v) is 3.72. The maximum atomic E-state index is 12.7. The number of carbonyl (C=O) groups excluding carboxylic acids is 1. The largest absolute Gasteiger partial charge is 0.496 e. The summed E-state index contributed by atoms with van der Waals surface area (Å²) in [4.78, 5) is 17.1. The Bertz CT molecular complexity index is 602. The van der Waals surface area contributed by atoms with Crippen LogP contribution in [0.1, 0.15) is 31.2 Å². The van der Waals surface area contributed by atoms with Crippen molar-refractivity contribution in [1.29, 1.82) is 0 Å².